The van der Waals surface area contributed by atoms with Crippen LogP contribution in [0.15, 0.2) is 75.8 Å². The van der Waals surface area contributed by atoms with Gasteiger partial charge >= 0.3 is 0 Å². The van der Waals surface area contributed by atoms with Crippen LogP contribution in [0.2, 0.25) is 10.0 Å². The van der Waals surface area contributed by atoms with E-state index >= 15 is 0 Å². The number of rotatable bonds is 8. The molecule has 0 fully saturated rings. The molecule has 202 valence electrons. The third-order valence-corrected chi connectivity index (χ3v) is 7.36. The van der Waals surface area contributed by atoms with Crippen LogP contribution in [0.25, 0.3) is 10.8 Å². The summed E-state index contributed by atoms with van der Waals surface area (Å²) in [7, 11) is -4.64. The average molecular weight is 588 g/mol. The highest BCUT2D eigenvalue weighted by Gasteiger charge is 2.23. The Balaban J connectivity index is 1.81. The molecule has 0 aliphatic heterocycles. The Morgan fingerprint density at radius 3 is 2.46 bits per heavy atom. The van der Waals surface area contributed by atoms with E-state index in [0.717, 1.165) is 0 Å². The second-order valence-electron chi connectivity index (χ2n) is 8.31. The van der Waals surface area contributed by atoms with Gasteiger partial charge in [0.15, 0.2) is 5.75 Å². The lowest BCUT2D eigenvalue weighted by Crippen LogP contribution is -2.12. The van der Waals surface area contributed by atoms with Gasteiger partial charge in [-0.2, -0.15) is 13.5 Å². The first-order valence-corrected chi connectivity index (χ1v) is 13.9. The molecule has 39 heavy (non-hydrogen) atoms. The van der Waals surface area contributed by atoms with Crippen molar-refractivity contribution in [3.05, 3.63) is 81.8 Å². The topological polar surface area (TPSA) is 138 Å². The molecule has 0 saturated heterocycles. The number of nitrogens with zero attached hydrogens (tertiary/aromatic N) is 2. The normalized spacial score (nSPS) is 11.7. The van der Waals surface area contributed by atoms with Crippen molar-refractivity contribution in [3.63, 3.8) is 0 Å². The largest absolute Gasteiger partial charge is 0.505 e. The predicted molar refractivity (Wildman–Crippen MR) is 151 cm³/mol. The maximum Gasteiger partial charge on any atom is 0.296 e. The van der Waals surface area contributed by atoms with Gasteiger partial charge in [-0.1, -0.05) is 54.4 Å². The number of aromatic hydroxyl groups is 1. The first kappa shape index (κ1) is 28.3. The maximum absolute atomic E-state index is 13.2. The van der Waals surface area contributed by atoms with Crippen LogP contribution in [0.3, 0.4) is 0 Å². The molecule has 9 nitrogen and oxygen atoms in total. The van der Waals surface area contributed by atoms with Gasteiger partial charge < -0.3 is 15.2 Å². The number of amides is 1. The molecule has 0 heterocycles. The summed E-state index contributed by atoms with van der Waals surface area (Å²) in [6, 6.07) is 15.9. The number of anilines is 1. The number of carbonyl (C=O) groups is 1. The quantitative estimate of drug-likeness (QED) is 0.142. The van der Waals surface area contributed by atoms with E-state index in [4.69, 9.17) is 27.9 Å². The zero-order chi connectivity index (χ0) is 28.3. The van der Waals surface area contributed by atoms with Crippen LogP contribution in [0.5, 0.6) is 11.5 Å². The Labute approximate surface area is 234 Å². The van der Waals surface area contributed by atoms with E-state index in [1.807, 2.05) is 6.92 Å². The Kier molecular flexibility index (Phi) is 8.41. The molecule has 12 heteroatoms. The zero-order valence-electron chi connectivity index (χ0n) is 20.8. The minimum atomic E-state index is -4.64. The summed E-state index contributed by atoms with van der Waals surface area (Å²) in [5, 5.41) is 23.5. The maximum atomic E-state index is 13.2. The number of benzene rings is 4. The third-order valence-electron chi connectivity index (χ3n) is 5.74. The number of carbonyl (C=O) groups excluding carboxylic acids is 1. The van der Waals surface area contributed by atoms with Crippen LogP contribution in [0.1, 0.15) is 29.8 Å². The molecule has 0 aliphatic carbocycles. The lowest BCUT2D eigenvalue weighted by Gasteiger charge is -2.13. The van der Waals surface area contributed by atoms with Gasteiger partial charge in [0.05, 0.1) is 22.9 Å². The van der Waals surface area contributed by atoms with Gasteiger partial charge in [0.25, 0.3) is 16.0 Å². The predicted octanol–water partition coefficient (Wildman–Crippen LogP) is 7.73. The third kappa shape index (κ3) is 6.15. The van der Waals surface area contributed by atoms with E-state index in [1.165, 1.54) is 18.2 Å². The van der Waals surface area contributed by atoms with E-state index < -0.39 is 26.7 Å². The molecule has 0 saturated carbocycles. The summed E-state index contributed by atoms with van der Waals surface area (Å²) in [4.78, 5) is 12.8. The molecule has 1 amide bonds. The van der Waals surface area contributed by atoms with Gasteiger partial charge in [-0.15, -0.1) is 5.11 Å². The highest BCUT2D eigenvalue weighted by molar-refractivity contribution is 7.86. The number of hydrogen-bond donors (Lipinski definition) is 3. The highest BCUT2D eigenvalue weighted by Crippen LogP contribution is 2.41. The first-order chi connectivity index (χ1) is 18.5. The summed E-state index contributed by atoms with van der Waals surface area (Å²) < 4.78 is 39.0. The number of phenolic OH excluding ortho intramolecular Hbond substituents is 1. The van der Waals surface area contributed by atoms with Crippen molar-refractivity contribution in [2.45, 2.75) is 25.2 Å². The van der Waals surface area contributed by atoms with Gasteiger partial charge in [-0.25, -0.2) is 0 Å². The number of nitrogens with one attached hydrogen (secondary N) is 1. The molecular formula is C27H23Cl2N3O6S. The molecule has 4 aromatic rings. The second-order valence-corrected chi connectivity index (χ2v) is 10.5. The highest BCUT2D eigenvalue weighted by atomic mass is 35.5. The number of hydrogen-bond acceptors (Lipinski definition) is 7. The molecule has 0 radical (unpaired) electrons. The molecule has 0 bridgehead atoms. The van der Waals surface area contributed by atoms with Crippen molar-refractivity contribution in [2.24, 2.45) is 10.2 Å². The molecular weight excluding hydrogens is 565 g/mol. The Morgan fingerprint density at radius 1 is 1.03 bits per heavy atom. The minimum absolute atomic E-state index is 0.00948. The standard InChI is InChI=1S/C27H23Cl2N3O6S/c1-3-19-23(10-9-22(29)26(19)39(35,36)37)31-32-24-20-8-6-5-7-15(20)11-21(25(24)33)27(34)30-17-12-16(28)13-18(14-17)38-4-2/h5-14,33H,3-4H2,1-2H3,(H,30,34)(H,35,36,37). The van der Waals surface area contributed by atoms with Crippen molar-refractivity contribution >= 4 is 67.1 Å². The first-order valence-electron chi connectivity index (χ1n) is 11.7. The van der Waals surface area contributed by atoms with Gasteiger partial charge in [-0.3, -0.25) is 9.35 Å². The second kappa shape index (κ2) is 11.6. The van der Waals surface area contributed by atoms with Gasteiger partial charge in [-0.05, 0) is 49.1 Å². The lowest BCUT2D eigenvalue weighted by molar-refractivity contribution is 0.102. The average Bonchev–Trinajstić information content (AvgIpc) is 2.87. The van der Waals surface area contributed by atoms with E-state index in [9.17, 15) is 22.9 Å². The van der Waals surface area contributed by atoms with E-state index in [2.05, 4.69) is 15.5 Å². The molecule has 3 N–H and O–H groups in total. The van der Waals surface area contributed by atoms with Crippen molar-refractivity contribution < 1.29 is 27.6 Å². The Hall–Kier alpha value is -3.70. The number of ether oxygens (including phenoxy) is 1. The smallest absolute Gasteiger partial charge is 0.296 e. The van der Waals surface area contributed by atoms with E-state index in [1.54, 1.807) is 49.4 Å². The molecule has 4 aromatic carbocycles. The van der Waals surface area contributed by atoms with Gasteiger partial charge in [0.1, 0.15) is 16.3 Å². The fourth-order valence-electron chi connectivity index (χ4n) is 4.08. The van der Waals surface area contributed by atoms with Crippen LogP contribution in [0, 0.1) is 0 Å². The van der Waals surface area contributed by atoms with Crippen molar-refractivity contribution in [2.75, 3.05) is 11.9 Å². The van der Waals surface area contributed by atoms with Crippen molar-refractivity contribution in [1.82, 2.24) is 0 Å². The zero-order valence-corrected chi connectivity index (χ0v) is 23.1. The summed E-state index contributed by atoms with van der Waals surface area (Å²) in [5.74, 6) is -0.602. The molecule has 0 aromatic heterocycles. The van der Waals surface area contributed by atoms with Crippen LogP contribution in [0.4, 0.5) is 17.1 Å². The van der Waals surface area contributed by atoms with E-state index in [-0.39, 0.29) is 33.9 Å². The fraction of sp³-hybridized carbons (Fsp3) is 0.148. The lowest BCUT2D eigenvalue weighted by atomic mass is 10.0. The monoisotopic (exact) mass is 587 g/mol. The number of halogens is 2. The summed E-state index contributed by atoms with van der Waals surface area (Å²) in [5.41, 5.74) is 0.543. The van der Waals surface area contributed by atoms with Crippen LogP contribution in [-0.4, -0.2) is 30.6 Å². The van der Waals surface area contributed by atoms with Crippen molar-refractivity contribution in [1.29, 1.82) is 0 Å². The molecule has 0 unspecified atom stereocenters. The van der Waals surface area contributed by atoms with Gasteiger partial charge in [0, 0.05) is 27.7 Å². The summed E-state index contributed by atoms with van der Waals surface area (Å²) in [6.07, 6.45) is 0.169. The minimum Gasteiger partial charge on any atom is -0.505 e. The SMILES string of the molecule is CCOc1cc(Cl)cc(NC(=O)c2cc3ccccc3c(N=Nc3ccc(Cl)c(S(=O)(=O)O)c3CC)c2O)c1. The summed E-state index contributed by atoms with van der Waals surface area (Å²) in [6.45, 7) is 3.90. The number of fused-ring (bicyclic) bond motifs is 1. The van der Waals surface area contributed by atoms with Gasteiger partial charge in [0.2, 0.25) is 0 Å². The van der Waals surface area contributed by atoms with Crippen LogP contribution < -0.4 is 10.1 Å². The Bertz CT molecular complexity index is 1720. The molecule has 4 rings (SSSR count). The van der Waals surface area contributed by atoms with Crippen LogP contribution in [-0.2, 0) is 16.5 Å². The molecule has 0 aliphatic rings. The van der Waals surface area contributed by atoms with Crippen molar-refractivity contribution in [3.8, 4) is 11.5 Å². The molecule has 0 spiro atoms. The Morgan fingerprint density at radius 2 is 1.77 bits per heavy atom. The van der Waals surface area contributed by atoms with Crippen LogP contribution >= 0.6 is 23.2 Å². The number of azo groups is 1. The summed E-state index contributed by atoms with van der Waals surface area (Å²) >= 11 is 12.2. The molecule has 0 atom stereocenters. The fourth-order valence-corrected chi connectivity index (χ4v) is 5.65. The van der Waals surface area contributed by atoms with E-state index in [0.29, 0.717) is 33.8 Å². The number of phenols is 1.